The molecule has 0 aliphatic heterocycles. The maximum Gasteiger partial charge on any atom is 0.341 e. The highest BCUT2D eigenvalue weighted by Gasteiger charge is 2.29. The van der Waals surface area contributed by atoms with Crippen LogP contribution in [0.4, 0.5) is 5.00 Å². The number of carbonyl (C=O) groups is 2. The Hall–Kier alpha value is -1.60. The number of fused-ring (bicyclic) bond motifs is 1. The number of rotatable bonds is 5. The highest BCUT2D eigenvalue weighted by atomic mass is 79.9. The molecule has 5 nitrogen and oxygen atoms in total. The summed E-state index contributed by atoms with van der Waals surface area (Å²) in [6.45, 7) is 4.53. The maximum absolute atomic E-state index is 12.6. The van der Waals surface area contributed by atoms with E-state index in [-0.39, 0.29) is 17.6 Å². The predicted molar refractivity (Wildman–Crippen MR) is 100 cm³/mol. The maximum atomic E-state index is 12.6. The van der Waals surface area contributed by atoms with E-state index in [1.54, 1.807) is 12.1 Å². The van der Waals surface area contributed by atoms with Crippen molar-refractivity contribution in [3.05, 3.63) is 38.6 Å². The zero-order valence-electron chi connectivity index (χ0n) is 14.2. The van der Waals surface area contributed by atoms with E-state index in [1.165, 1.54) is 11.3 Å². The summed E-state index contributed by atoms with van der Waals surface area (Å²) in [7, 11) is 0. The topological polar surface area (TPSA) is 68.5 Å². The number of hydrogen-bond acceptors (Lipinski definition) is 5. The summed E-state index contributed by atoms with van der Waals surface area (Å²) < 4.78 is 11.1. The zero-order valence-corrected chi connectivity index (χ0v) is 16.6. The quantitative estimate of drug-likeness (QED) is 0.680. The van der Waals surface area contributed by atoms with E-state index < -0.39 is 0 Å². The molecule has 1 N–H and O–H groups in total. The molecule has 0 saturated heterocycles. The van der Waals surface area contributed by atoms with Crippen molar-refractivity contribution in [3.63, 3.8) is 0 Å². The number of amides is 1. The highest BCUT2D eigenvalue weighted by Crippen LogP contribution is 2.40. The van der Waals surface area contributed by atoms with Gasteiger partial charge in [-0.25, -0.2) is 4.79 Å². The lowest BCUT2D eigenvalue weighted by molar-refractivity contribution is 0.0505. The molecule has 1 atom stereocenters. The van der Waals surface area contributed by atoms with Gasteiger partial charge >= 0.3 is 5.97 Å². The average molecular weight is 426 g/mol. The van der Waals surface area contributed by atoms with Gasteiger partial charge in [-0.1, -0.05) is 13.8 Å². The Morgan fingerprint density at radius 1 is 1.44 bits per heavy atom. The number of anilines is 1. The Morgan fingerprint density at radius 2 is 2.24 bits per heavy atom. The van der Waals surface area contributed by atoms with Crippen LogP contribution in [0.1, 0.15) is 58.0 Å². The smallest absolute Gasteiger partial charge is 0.341 e. The van der Waals surface area contributed by atoms with Gasteiger partial charge in [0.1, 0.15) is 5.00 Å². The third-order valence-corrected chi connectivity index (χ3v) is 5.77. The molecule has 134 valence electrons. The van der Waals surface area contributed by atoms with Gasteiger partial charge < -0.3 is 14.5 Å². The van der Waals surface area contributed by atoms with Gasteiger partial charge in [0.05, 0.1) is 12.2 Å². The summed E-state index contributed by atoms with van der Waals surface area (Å²) in [5, 5.41) is 3.39. The second-order valence-electron chi connectivity index (χ2n) is 6.25. The summed E-state index contributed by atoms with van der Waals surface area (Å²) in [5.74, 6) is 0.0430. The highest BCUT2D eigenvalue weighted by molar-refractivity contribution is 9.10. The lowest BCUT2D eigenvalue weighted by Crippen LogP contribution is -2.16. The van der Waals surface area contributed by atoms with Crippen LogP contribution in [0.5, 0.6) is 0 Å². The van der Waals surface area contributed by atoms with Gasteiger partial charge in [0.2, 0.25) is 0 Å². The second kappa shape index (κ2) is 7.74. The number of halogens is 1. The minimum atomic E-state index is -0.373. The fraction of sp³-hybridized carbons (Fsp3) is 0.444. The molecule has 2 heterocycles. The van der Waals surface area contributed by atoms with Crippen LogP contribution in [-0.2, 0) is 17.6 Å². The van der Waals surface area contributed by atoms with Gasteiger partial charge in [-0.15, -0.1) is 11.3 Å². The van der Waals surface area contributed by atoms with Gasteiger partial charge in [-0.3, -0.25) is 4.79 Å². The van der Waals surface area contributed by atoms with Gasteiger partial charge in [-0.05, 0) is 65.2 Å². The number of nitrogens with one attached hydrogen (secondary N) is 1. The fourth-order valence-corrected chi connectivity index (χ4v) is 4.62. The summed E-state index contributed by atoms with van der Waals surface area (Å²) in [6, 6.07) is 3.25. The Bertz CT molecular complexity index is 795. The molecular weight excluding hydrogens is 406 g/mol. The largest absolute Gasteiger partial charge is 0.462 e. The van der Waals surface area contributed by atoms with Crippen molar-refractivity contribution in [2.45, 2.75) is 39.5 Å². The van der Waals surface area contributed by atoms with Crippen LogP contribution in [0.2, 0.25) is 0 Å². The summed E-state index contributed by atoms with van der Waals surface area (Å²) in [5.41, 5.74) is 1.54. The molecule has 1 amide bonds. The molecule has 7 heteroatoms. The zero-order chi connectivity index (χ0) is 18.0. The summed E-state index contributed by atoms with van der Waals surface area (Å²) >= 11 is 4.66. The molecule has 0 aromatic carbocycles. The molecule has 3 rings (SSSR count). The van der Waals surface area contributed by atoms with E-state index in [0.29, 0.717) is 27.8 Å². The number of carbonyl (C=O) groups excluding carboxylic acids is 2. The standard InChI is InChI=1S/C18H20BrNO4S/c1-3-8-23-18(22)15-11-5-4-10(2)9-13(11)25-17(15)20-16(21)12-6-7-14(19)24-12/h6-7,10H,3-5,8-9H2,1-2H3,(H,20,21). The van der Waals surface area contributed by atoms with Crippen LogP contribution in [0.3, 0.4) is 0 Å². The molecule has 1 aliphatic rings. The lowest BCUT2D eigenvalue weighted by Gasteiger charge is -2.18. The SMILES string of the molecule is CCCOC(=O)c1c(NC(=O)c2ccc(Br)o2)sc2c1CCC(C)C2. The van der Waals surface area contributed by atoms with Gasteiger partial charge in [-0.2, -0.15) is 0 Å². The Balaban J connectivity index is 1.91. The molecule has 0 saturated carbocycles. The van der Waals surface area contributed by atoms with Crippen molar-refractivity contribution >= 4 is 44.1 Å². The summed E-state index contributed by atoms with van der Waals surface area (Å²) in [4.78, 5) is 26.2. The molecular formula is C18H20BrNO4S. The second-order valence-corrected chi connectivity index (χ2v) is 8.14. The molecule has 1 aliphatic carbocycles. The van der Waals surface area contributed by atoms with E-state index in [9.17, 15) is 9.59 Å². The van der Waals surface area contributed by atoms with Crippen molar-refractivity contribution in [1.29, 1.82) is 0 Å². The lowest BCUT2D eigenvalue weighted by atomic mass is 9.88. The van der Waals surface area contributed by atoms with E-state index in [0.717, 1.165) is 36.1 Å². The molecule has 2 aromatic rings. The van der Waals surface area contributed by atoms with Crippen LogP contribution >= 0.6 is 27.3 Å². The van der Waals surface area contributed by atoms with Gasteiger partial charge in [0, 0.05) is 4.88 Å². The third-order valence-electron chi connectivity index (χ3n) is 4.18. The van der Waals surface area contributed by atoms with Crippen molar-refractivity contribution in [1.82, 2.24) is 0 Å². The minimum Gasteiger partial charge on any atom is -0.462 e. The Kier molecular flexibility index (Phi) is 5.64. The van der Waals surface area contributed by atoms with Crippen LogP contribution < -0.4 is 5.32 Å². The fourth-order valence-electron chi connectivity index (χ4n) is 2.92. The third kappa shape index (κ3) is 3.98. The summed E-state index contributed by atoms with van der Waals surface area (Å²) in [6.07, 6.45) is 3.56. The molecule has 0 bridgehead atoms. The Labute approximate surface area is 158 Å². The molecule has 0 spiro atoms. The number of thiophene rings is 1. The predicted octanol–water partition coefficient (Wildman–Crippen LogP) is 5.05. The van der Waals surface area contributed by atoms with Crippen LogP contribution in [-0.4, -0.2) is 18.5 Å². The first-order chi connectivity index (χ1) is 12.0. The molecule has 25 heavy (non-hydrogen) atoms. The van der Waals surface area contributed by atoms with Gasteiger partial charge in [0.25, 0.3) is 5.91 Å². The van der Waals surface area contributed by atoms with Crippen LogP contribution in [0, 0.1) is 5.92 Å². The van der Waals surface area contributed by atoms with E-state index in [1.807, 2.05) is 6.92 Å². The van der Waals surface area contributed by atoms with Gasteiger partial charge in [0.15, 0.2) is 10.4 Å². The van der Waals surface area contributed by atoms with Crippen molar-refractivity contribution in [3.8, 4) is 0 Å². The van der Waals surface area contributed by atoms with Crippen molar-refractivity contribution in [2.75, 3.05) is 11.9 Å². The molecule has 2 aromatic heterocycles. The molecule has 0 fully saturated rings. The first-order valence-corrected chi connectivity index (χ1v) is 9.98. The molecule has 1 unspecified atom stereocenters. The first kappa shape index (κ1) is 18.2. The number of esters is 1. The van der Waals surface area contributed by atoms with E-state index in [2.05, 4.69) is 28.2 Å². The molecule has 0 radical (unpaired) electrons. The van der Waals surface area contributed by atoms with E-state index >= 15 is 0 Å². The normalized spacial score (nSPS) is 16.4. The minimum absolute atomic E-state index is 0.194. The average Bonchev–Trinajstić information content (AvgIpc) is 3.15. The van der Waals surface area contributed by atoms with Crippen molar-refractivity contribution in [2.24, 2.45) is 5.92 Å². The number of hydrogen-bond donors (Lipinski definition) is 1. The van der Waals surface area contributed by atoms with Crippen LogP contribution in [0.15, 0.2) is 21.2 Å². The monoisotopic (exact) mass is 425 g/mol. The van der Waals surface area contributed by atoms with Crippen LogP contribution in [0.25, 0.3) is 0 Å². The number of furan rings is 1. The first-order valence-electron chi connectivity index (χ1n) is 8.38. The van der Waals surface area contributed by atoms with E-state index in [4.69, 9.17) is 9.15 Å². The van der Waals surface area contributed by atoms with Crippen molar-refractivity contribution < 1.29 is 18.7 Å². The number of ether oxygens (including phenoxy) is 1. The Morgan fingerprint density at radius 3 is 2.92 bits per heavy atom.